The number of rotatable bonds is 6. The van der Waals surface area contributed by atoms with Crippen LogP contribution in [0.2, 0.25) is 0 Å². The van der Waals surface area contributed by atoms with Crippen LogP contribution < -0.4 is 5.32 Å². The Kier molecular flexibility index (Phi) is 5.04. The van der Waals surface area contributed by atoms with Gasteiger partial charge in [0, 0.05) is 0 Å². The molecule has 1 aromatic heterocycles. The fourth-order valence-corrected chi connectivity index (χ4v) is 2.26. The Hall–Kier alpha value is -1.97. The largest absolute Gasteiger partial charge is 0.346 e. The molecular weight excluding hydrogens is 248 g/mol. The van der Waals surface area contributed by atoms with Gasteiger partial charge in [-0.1, -0.05) is 51.1 Å². The lowest BCUT2D eigenvalue weighted by atomic mass is 10.1. The van der Waals surface area contributed by atoms with Gasteiger partial charge in [0.25, 0.3) is 0 Å². The van der Waals surface area contributed by atoms with Gasteiger partial charge < -0.3 is 5.32 Å². The van der Waals surface area contributed by atoms with Gasteiger partial charge >= 0.3 is 0 Å². The summed E-state index contributed by atoms with van der Waals surface area (Å²) in [5.74, 6) is 0.620. The molecule has 0 aliphatic heterocycles. The molecule has 1 aromatic carbocycles. The van der Waals surface area contributed by atoms with E-state index in [9.17, 15) is 0 Å². The molecule has 20 heavy (non-hydrogen) atoms. The van der Waals surface area contributed by atoms with Crippen LogP contribution in [0.5, 0.6) is 0 Å². The molecule has 1 N–H and O–H groups in total. The summed E-state index contributed by atoms with van der Waals surface area (Å²) < 4.78 is 0. The molecule has 0 spiro atoms. The topological polar surface area (TPSA) is 50.7 Å². The smallest absolute Gasteiger partial charge is 0.243 e. The number of nitrogens with one attached hydrogen (secondary N) is 1. The highest BCUT2D eigenvalue weighted by Crippen LogP contribution is 2.20. The van der Waals surface area contributed by atoms with E-state index in [1.54, 1.807) is 0 Å². The molecule has 0 saturated heterocycles. The Morgan fingerprint density at radius 1 is 0.950 bits per heavy atom. The first kappa shape index (κ1) is 14.4. The summed E-state index contributed by atoms with van der Waals surface area (Å²) in [4.78, 5) is 4.59. The molecule has 0 amide bonds. The fraction of sp³-hybridized carbons (Fsp3) is 0.438. The number of benzene rings is 1. The average Bonchev–Trinajstić information content (AvgIpc) is 2.53. The van der Waals surface area contributed by atoms with Crippen LogP contribution in [0.25, 0.3) is 0 Å². The summed E-state index contributed by atoms with van der Waals surface area (Å²) in [6, 6.07) is 10.6. The third-order valence-corrected chi connectivity index (χ3v) is 3.42. The zero-order valence-electron chi connectivity index (χ0n) is 12.4. The molecule has 0 fully saturated rings. The van der Waals surface area contributed by atoms with E-state index in [1.807, 2.05) is 6.07 Å². The Bertz CT molecular complexity index is 539. The second-order valence-corrected chi connectivity index (χ2v) is 4.75. The number of aryl methyl sites for hydroxylation is 2. The molecule has 4 heteroatoms. The summed E-state index contributed by atoms with van der Waals surface area (Å²) >= 11 is 0. The molecule has 1 unspecified atom stereocenters. The van der Waals surface area contributed by atoms with Gasteiger partial charge in [-0.3, -0.25) is 0 Å². The minimum atomic E-state index is 0.218. The maximum atomic E-state index is 4.59. The van der Waals surface area contributed by atoms with Crippen molar-refractivity contribution in [2.75, 3.05) is 5.32 Å². The van der Waals surface area contributed by atoms with Gasteiger partial charge in [0.15, 0.2) is 0 Å². The van der Waals surface area contributed by atoms with Gasteiger partial charge in [0.2, 0.25) is 5.95 Å². The third kappa shape index (κ3) is 3.32. The van der Waals surface area contributed by atoms with Crippen molar-refractivity contribution < 1.29 is 0 Å². The quantitative estimate of drug-likeness (QED) is 0.872. The second kappa shape index (κ2) is 6.98. The number of aromatic nitrogens is 3. The summed E-state index contributed by atoms with van der Waals surface area (Å²) in [6.07, 6.45) is 2.74. The van der Waals surface area contributed by atoms with E-state index >= 15 is 0 Å². The van der Waals surface area contributed by atoms with Crippen LogP contribution in [0, 0.1) is 0 Å². The number of hydrogen-bond donors (Lipinski definition) is 1. The van der Waals surface area contributed by atoms with Crippen molar-refractivity contribution in [3.63, 3.8) is 0 Å². The maximum Gasteiger partial charge on any atom is 0.243 e. The van der Waals surface area contributed by atoms with Crippen molar-refractivity contribution in [2.24, 2.45) is 0 Å². The molecule has 0 bridgehead atoms. The first-order valence-electron chi connectivity index (χ1n) is 7.32. The average molecular weight is 270 g/mol. The predicted molar refractivity (Wildman–Crippen MR) is 81.7 cm³/mol. The summed E-state index contributed by atoms with van der Waals surface area (Å²) in [6.45, 7) is 6.33. The molecule has 1 heterocycles. The predicted octanol–water partition coefficient (Wildman–Crippen LogP) is 3.56. The van der Waals surface area contributed by atoms with Gasteiger partial charge in [-0.05, 0) is 24.8 Å². The highest BCUT2D eigenvalue weighted by Gasteiger charge is 2.12. The number of anilines is 1. The zero-order valence-corrected chi connectivity index (χ0v) is 12.4. The molecule has 0 radical (unpaired) electrons. The second-order valence-electron chi connectivity index (χ2n) is 4.75. The number of nitrogens with zero attached hydrogens (tertiary/aromatic N) is 3. The van der Waals surface area contributed by atoms with Crippen molar-refractivity contribution in [3.8, 4) is 0 Å². The molecule has 0 aliphatic carbocycles. The van der Waals surface area contributed by atoms with Crippen molar-refractivity contribution >= 4 is 5.95 Å². The van der Waals surface area contributed by atoms with E-state index in [4.69, 9.17) is 0 Å². The minimum absolute atomic E-state index is 0.218. The van der Waals surface area contributed by atoms with Crippen LogP contribution in [0.1, 0.15) is 50.2 Å². The molecule has 0 aliphatic rings. The monoisotopic (exact) mass is 270 g/mol. The van der Waals surface area contributed by atoms with E-state index in [1.165, 1.54) is 5.56 Å². The Balaban J connectivity index is 2.20. The SMILES string of the molecule is CCc1nnc(NC(CC)c2ccccc2)nc1CC. The molecular formula is C16H22N4. The minimum Gasteiger partial charge on any atom is -0.346 e. The van der Waals surface area contributed by atoms with Crippen molar-refractivity contribution in [2.45, 2.75) is 46.1 Å². The van der Waals surface area contributed by atoms with Crippen molar-refractivity contribution in [3.05, 3.63) is 47.3 Å². The third-order valence-electron chi connectivity index (χ3n) is 3.42. The van der Waals surface area contributed by atoms with E-state index in [0.717, 1.165) is 30.7 Å². The van der Waals surface area contributed by atoms with Gasteiger partial charge in [-0.25, -0.2) is 4.98 Å². The van der Waals surface area contributed by atoms with Crippen molar-refractivity contribution in [1.29, 1.82) is 0 Å². The van der Waals surface area contributed by atoms with Crippen LogP contribution in [0.4, 0.5) is 5.95 Å². The molecule has 4 nitrogen and oxygen atoms in total. The summed E-state index contributed by atoms with van der Waals surface area (Å²) in [7, 11) is 0. The highest BCUT2D eigenvalue weighted by molar-refractivity contribution is 5.32. The number of hydrogen-bond acceptors (Lipinski definition) is 4. The maximum absolute atomic E-state index is 4.59. The lowest BCUT2D eigenvalue weighted by molar-refractivity contribution is 0.722. The van der Waals surface area contributed by atoms with Crippen LogP contribution >= 0.6 is 0 Å². The van der Waals surface area contributed by atoms with E-state index in [-0.39, 0.29) is 6.04 Å². The molecule has 106 valence electrons. The van der Waals surface area contributed by atoms with Crippen LogP contribution in [-0.4, -0.2) is 15.2 Å². The highest BCUT2D eigenvalue weighted by atomic mass is 15.2. The lowest BCUT2D eigenvalue weighted by Gasteiger charge is -2.17. The van der Waals surface area contributed by atoms with Crippen LogP contribution in [-0.2, 0) is 12.8 Å². The fourth-order valence-electron chi connectivity index (χ4n) is 2.26. The van der Waals surface area contributed by atoms with Crippen LogP contribution in [0.3, 0.4) is 0 Å². The van der Waals surface area contributed by atoms with Gasteiger partial charge in [-0.2, -0.15) is 5.10 Å². The molecule has 2 rings (SSSR count). The first-order valence-corrected chi connectivity index (χ1v) is 7.32. The molecule has 1 atom stereocenters. The standard InChI is InChI=1S/C16H22N4/c1-4-13(12-10-8-7-9-11-12)17-16-18-14(5-2)15(6-3)19-20-16/h7-11,13H,4-6H2,1-3H3,(H,17,18,20). The summed E-state index contributed by atoms with van der Waals surface area (Å²) in [5.41, 5.74) is 3.27. The van der Waals surface area contributed by atoms with Crippen LogP contribution in [0.15, 0.2) is 30.3 Å². The van der Waals surface area contributed by atoms with E-state index < -0.39 is 0 Å². The Labute approximate surface area is 120 Å². The first-order chi connectivity index (χ1) is 9.78. The molecule has 2 aromatic rings. The van der Waals surface area contributed by atoms with Gasteiger partial charge in [0.1, 0.15) is 0 Å². The van der Waals surface area contributed by atoms with Gasteiger partial charge in [-0.15, -0.1) is 5.10 Å². The normalized spacial score (nSPS) is 12.2. The Morgan fingerprint density at radius 2 is 1.65 bits per heavy atom. The van der Waals surface area contributed by atoms with E-state index in [0.29, 0.717) is 5.95 Å². The molecule has 0 saturated carbocycles. The van der Waals surface area contributed by atoms with Crippen molar-refractivity contribution in [1.82, 2.24) is 15.2 Å². The van der Waals surface area contributed by atoms with Gasteiger partial charge in [0.05, 0.1) is 17.4 Å². The summed E-state index contributed by atoms with van der Waals surface area (Å²) in [5, 5.41) is 11.9. The van der Waals surface area contributed by atoms with E-state index in [2.05, 4.69) is 65.5 Å². The Morgan fingerprint density at radius 3 is 2.25 bits per heavy atom. The lowest BCUT2D eigenvalue weighted by Crippen LogP contribution is -2.14. The zero-order chi connectivity index (χ0) is 14.4.